The number of hydrogen-bond donors (Lipinski definition) is 1. The number of hydrogen-bond acceptors (Lipinski definition) is 4. The summed E-state index contributed by atoms with van der Waals surface area (Å²) in [5, 5.41) is 3.14. The van der Waals surface area contributed by atoms with Crippen LogP contribution in [0.2, 0.25) is 0 Å². The molecule has 1 N–H and O–H groups in total. The lowest BCUT2D eigenvalue weighted by atomic mass is 9.85. The summed E-state index contributed by atoms with van der Waals surface area (Å²) >= 11 is 0. The number of alkyl halides is 3. The van der Waals surface area contributed by atoms with Gasteiger partial charge in [-0.15, -0.1) is 0 Å². The molecule has 1 aromatic rings. The molecule has 10 heteroatoms. The summed E-state index contributed by atoms with van der Waals surface area (Å²) in [6, 6.07) is 0. The summed E-state index contributed by atoms with van der Waals surface area (Å²) in [6.45, 7) is 3.79. The highest BCUT2D eigenvalue weighted by atomic mass is 32.2. The van der Waals surface area contributed by atoms with Crippen molar-refractivity contribution >= 4 is 15.9 Å². The Morgan fingerprint density at radius 3 is 2.50 bits per heavy atom. The molecule has 2 rings (SSSR count). The zero-order valence-electron chi connectivity index (χ0n) is 13.4. The highest BCUT2D eigenvalue weighted by Crippen LogP contribution is 2.33. The van der Waals surface area contributed by atoms with E-state index < -0.39 is 38.6 Å². The predicted octanol–water partition coefficient (Wildman–Crippen LogP) is 2.38. The van der Waals surface area contributed by atoms with Crippen molar-refractivity contribution in [2.24, 2.45) is 13.0 Å². The molecule has 0 fully saturated rings. The fourth-order valence-corrected chi connectivity index (χ4v) is 3.85. The van der Waals surface area contributed by atoms with Gasteiger partial charge in [0, 0.05) is 19.2 Å². The van der Waals surface area contributed by atoms with Gasteiger partial charge in [-0.1, -0.05) is 11.1 Å². The van der Waals surface area contributed by atoms with Crippen molar-refractivity contribution < 1.29 is 26.4 Å². The van der Waals surface area contributed by atoms with E-state index in [4.69, 9.17) is 0 Å². The van der Waals surface area contributed by atoms with Crippen LogP contribution in [-0.4, -0.2) is 24.1 Å². The van der Waals surface area contributed by atoms with E-state index in [-0.39, 0.29) is 0 Å². The Hall–Kier alpha value is -1.84. The van der Waals surface area contributed by atoms with Crippen LogP contribution >= 0.6 is 0 Å². The first kappa shape index (κ1) is 18.5. The minimum Gasteiger partial charge on any atom is -0.274 e. The SMILES string of the molecule is CC1=C(C)CC(C(=O)NS(=O)(=O)c2cn(C)nc2C(F)(F)F)CC1. The van der Waals surface area contributed by atoms with Gasteiger partial charge in [0.15, 0.2) is 5.69 Å². The van der Waals surface area contributed by atoms with Crippen LogP contribution < -0.4 is 4.72 Å². The standard InChI is InChI=1S/C14H18F3N3O3S/c1-8-4-5-10(6-9(8)2)13(21)19-24(22,23)11-7-20(3)18-12(11)14(15,16)17/h7,10H,4-6H2,1-3H3,(H,19,21). The first-order chi connectivity index (χ1) is 10.9. The second kappa shape index (κ2) is 6.23. The molecule has 1 heterocycles. The van der Waals surface area contributed by atoms with Crippen molar-refractivity contribution in [3.63, 3.8) is 0 Å². The molecule has 0 aliphatic heterocycles. The van der Waals surface area contributed by atoms with Crippen molar-refractivity contribution in [2.45, 2.75) is 44.2 Å². The third kappa shape index (κ3) is 3.80. The van der Waals surface area contributed by atoms with E-state index in [2.05, 4.69) is 5.10 Å². The van der Waals surface area contributed by atoms with Crippen molar-refractivity contribution in [2.75, 3.05) is 0 Å². The van der Waals surface area contributed by atoms with Gasteiger partial charge in [-0.2, -0.15) is 18.3 Å². The van der Waals surface area contributed by atoms with E-state index in [1.807, 2.05) is 13.8 Å². The lowest BCUT2D eigenvalue weighted by molar-refractivity contribution is -0.143. The largest absolute Gasteiger partial charge is 0.436 e. The molecule has 0 aromatic carbocycles. The number of carbonyl (C=O) groups excluding carboxylic acids is 1. The Labute approximate surface area is 137 Å². The highest BCUT2D eigenvalue weighted by molar-refractivity contribution is 7.90. The average Bonchev–Trinajstić information content (AvgIpc) is 2.84. The average molecular weight is 365 g/mol. The van der Waals surface area contributed by atoms with Crippen molar-refractivity contribution in [3.8, 4) is 0 Å². The minimum atomic E-state index is -4.93. The monoisotopic (exact) mass is 365 g/mol. The maximum atomic E-state index is 12.9. The summed E-state index contributed by atoms with van der Waals surface area (Å²) in [6.07, 6.45) is -2.69. The van der Waals surface area contributed by atoms with Crippen LogP contribution in [0.5, 0.6) is 0 Å². The summed E-state index contributed by atoms with van der Waals surface area (Å²) in [7, 11) is -3.48. The van der Waals surface area contributed by atoms with Crippen LogP contribution in [0.1, 0.15) is 38.8 Å². The van der Waals surface area contributed by atoms with E-state index in [9.17, 15) is 26.4 Å². The number of rotatable bonds is 3. The van der Waals surface area contributed by atoms with Crippen LogP contribution in [0, 0.1) is 5.92 Å². The van der Waals surface area contributed by atoms with Gasteiger partial charge in [-0.25, -0.2) is 13.1 Å². The first-order valence-corrected chi connectivity index (χ1v) is 8.73. The Bertz CT molecular complexity index is 794. The van der Waals surface area contributed by atoms with Gasteiger partial charge in [-0.3, -0.25) is 9.48 Å². The maximum Gasteiger partial charge on any atom is 0.436 e. The number of allylic oxidation sites excluding steroid dienone is 2. The van der Waals surface area contributed by atoms with E-state index in [0.29, 0.717) is 19.3 Å². The normalized spacial score (nSPS) is 19.5. The second-order valence-corrected chi connectivity index (χ2v) is 7.63. The first-order valence-electron chi connectivity index (χ1n) is 7.24. The molecule has 134 valence electrons. The number of amides is 1. The molecular weight excluding hydrogens is 347 g/mol. The van der Waals surface area contributed by atoms with E-state index >= 15 is 0 Å². The second-order valence-electron chi connectivity index (χ2n) is 5.98. The molecule has 1 aliphatic carbocycles. The Morgan fingerprint density at radius 2 is 1.96 bits per heavy atom. The number of aromatic nitrogens is 2. The zero-order valence-corrected chi connectivity index (χ0v) is 14.3. The maximum absolute atomic E-state index is 12.9. The molecule has 0 saturated heterocycles. The van der Waals surface area contributed by atoms with Gasteiger partial charge in [0.2, 0.25) is 5.91 Å². The summed E-state index contributed by atoms with van der Waals surface area (Å²) in [5.41, 5.74) is 0.602. The van der Waals surface area contributed by atoms with E-state index in [1.54, 1.807) is 4.72 Å². The number of aryl methyl sites for hydroxylation is 1. The van der Waals surface area contributed by atoms with Gasteiger partial charge in [0.25, 0.3) is 10.0 Å². The fourth-order valence-electron chi connectivity index (χ4n) is 2.60. The van der Waals surface area contributed by atoms with Crippen molar-refractivity contribution in [1.29, 1.82) is 0 Å². The van der Waals surface area contributed by atoms with Crippen molar-refractivity contribution in [1.82, 2.24) is 14.5 Å². The number of nitrogens with zero attached hydrogens (tertiary/aromatic N) is 2. The Balaban J connectivity index is 2.25. The molecule has 1 atom stereocenters. The van der Waals surface area contributed by atoms with E-state index in [0.717, 1.165) is 22.0 Å². The number of nitrogens with one attached hydrogen (secondary N) is 1. The van der Waals surface area contributed by atoms with Crippen molar-refractivity contribution in [3.05, 3.63) is 23.0 Å². The molecule has 1 amide bonds. The van der Waals surface area contributed by atoms with Gasteiger partial charge in [0.05, 0.1) is 0 Å². The molecule has 0 saturated carbocycles. The molecule has 6 nitrogen and oxygen atoms in total. The minimum absolute atomic E-state index is 0.395. The number of carbonyl (C=O) groups is 1. The number of sulfonamides is 1. The highest BCUT2D eigenvalue weighted by Gasteiger charge is 2.41. The van der Waals surface area contributed by atoms with Crippen LogP contribution in [0.15, 0.2) is 22.2 Å². The van der Waals surface area contributed by atoms with Crippen LogP contribution in [-0.2, 0) is 28.0 Å². The molecule has 0 spiro atoms. The lowest BCUT2D eigenvalue weighted by Gasteiger charge is -2.23. The summed E-state index contributed by atoms with van der Waals surface area (Å²) < 4.78 is 65.7. The summed E-state index contributed by atoms with van der Waals surface area (Å²) in [4.78, 5) is 11.1. The molecule has 1 aliphatic rings. The zero-order chi connectivity index (χ0) is 18.3. The number of halogens is 3. The van der Waals surface area contributed by atoms with Gasteiger partial charge in [0.1, 0.15) is 4.90 Å². The fraction of sp³-hybridized carbons (Fsp3) is 0.571. The molecule has 0 radical (unpaired) electrons. The Kier molecular flexibility index (Phi) is 4.80. The van der Waals surface area contributed by atoms with Gasteiger partial charge in [-0.05, 0) is 33.1 Å². The van der Waals surface area contributed by atoms with Gasteiger partial charge >= 0.3 is 6.18 Å². The lowest BCUT2D eigenvalue weighted by Crippen LogP contribution is -2.37. The molecule has 24 heavy (non-hydrogen) atoms. The quantitative estimate of drug-likeness (QED) is 0.834. The van der Waals surface area contributed by atoms with Gasteiger partial charge < -0.3 is 0 Å². The molecule has 0 bridgehead atoms. The van der Waals surface area contributed by atoms with Crippen LogP contribution in [0.4, 0.5) is 13.2 Å². The van der Waals surface area contributed by atoms with Crippen LogP contribution in [0.25, 0.3) is 0 Å². The Morgan fingerprint density at radius 1 is 1.33 bits per heavy atom. The molecular formula is C14H18F3N3O3S. The molecule has 1 aromatic heterocycles. The topological polar surface area (TPSA) is 81.1 Å². The molecule has 1 unspecified atom stereocenters. The predicted molar refractivity (Wildman–Crippen MR) is 79.3 cm³/mol. The third-order valence-corrected chi connectivity index (χ3v) is 5.46. The van der Waals surface area contributed by atoms with E-state index in [1.165, 1.54) is 7.05 Å². The summed E-state index contributed by atoms with van der Waals surface area (Å²) in [5.74, 6) is -1.37. The smallest absolute Gasteiger partial charge is 0.274 e. The third-order valence-electron chi connectivity index (χ3n) is 4.11. The van der Waals surface area contributed by atoms with Crippen LogP contribution in [0.3, 0.4) is 0 Å².